The van der Waals surface area contributed by atoms with Crippen molar-refractivity contribution >= 4 is 29.1 Å². The molecule has 0 aliphatic carbocycles. The number of esters is 1. The van der Waals surface area contributed by atoms with Gasteiger partial charge in [-0.25, -0.2) is 4.98 Å². The number of nitrogens with two attached hydrogens (primary N) is 1. The first-order valence-corrected chi connectivity index (χ1v) is 4.73. The van der Waals surface area contributed by atoms with Crippen molar-refractivity contribution in [2.45, 2.75) is 6.42 Å². The van der Waals surface area contributed by atoms with Gasteiger partial charge in [-0.15, -0.1) is 0 Å². The lowest BCUT2D eigenvalue weighted by Crippen LogP contribution is -2.11. The third-order valence-corrected chi connectivity index (χ3v) is 1.94. The molecule has 0 bridgehead atoms. The van der Waals surface area contributed by atoms with Crippen LogP contribution in [0.25, 0.3) is 0 Å². The summed E-state index contributed by atoms with van der Waals surface area (Å²) in [6.45, 7) is 0.422. The van der Waals surface area contributed by atoms with Gasteiger partial charge >= 0.3 is 5.97 Å². The Balaban J connectivity index is 2.47. The molecule has 1 aromatic rings. The second kappa shape index (κ2) is 5.41. The standard InChI is InChI=1S/C9H12ClN3O2/c1-15-8(14)2-3-12-9-7(11)4-6(10)5-13-9/h4-5H,2-3,11H2,1H3,(H,12,13). The van der Waals surface area contributed by atoms with Crippen LogP contribution in [0.2, 0.25) is 5.02 Å². The van der Waals surface area contributed by atoms with Crippen LogP contribution >= 0.6 is 11.6 Å². The Labute approximate surface area is 92.6 Å². The highest BCUT2D eigenvalue weighted by molar-refractivity contribution is 6.30. The van der Waals surface area contributed by atoms with Crippen molar-refractivity contribution in [1.29, 1.82) is 0 Å². The number of hydrogen-bond donors (Lipinski definition) is 2. The van der Waals surface area contributed by atoms with Crippen LogP contribution in [0.1, 0.15) is 6.42 Å². The van der Waals surface area contributed by atoms with Gasteiger partial charge in [0.25, 0.3) is 0 Å². The lowest BCUT2D eigenvalue weighted by Gasteiger charge is -2.07. The molecule has 3 N–H and O–H groups in total. The molecule has 0 saturated carbocycles. The highest BCUT2D eigenvalue weighted by Gasteiger charge is 2.03. The van der Waals surface area contributed by atoms with E-state index in [9.17, 15) is 4.79 Å². The summed E-state index contributed by atoms with van der Waals surface area (Å²) in [4.78, 5) is 14.8. The number of halogens is 1. The Kier molecular flexibility index (Phi) is 4.17. The van der Waals surface area contributed by atoms with Crippen molar-refractivity contribution < 1.29 is 9.53 Å². The third kappa shape index (κ3) is 3.63. The predicted molar refractivity (Wildman–Crippen MR) is 58.8 cm³/mol. The number of ether oxygens (including phenoxy) is 1. The number of rotatable bonds is 4. The predicted octanol–water partition coefficient (Wildman–Crippen LogP) is 1.29. The van der Waals surface area contributed by atoms with Gasteiger partial charge < -0.3 is 15.8 Å². The highest BCUT2D eigenvalue weighted by atomic mass is 35.5. The van der Waals surface area contributed by atoms with Crippen molar-refractivity contribution in [2.24, 2.45) is 0 Å². The molecule has 1 aromatic heterocycles. The van der Waals surface area contributed by atoms with Gasteiger partial charge in [0.2, 0.25) is 0 Å². The van der Waals surface area contributed by atoms with Crippen LogP contribution in [0, 0.1) is 0 Å². The first-order valence-electron chi connectivity index (χ1n) is 4.35. The van der Waals surface area contributed by atoms with E-state index in [4.69, 9.17) is 17.3 Å². The molecule has 0 aliphatic heterocycles. The molecule has 0 fully saturated rings. The van der Waals surface area contributed by atoms with E-state index < -0.39 is 0 Å². The second-order valence-electron chi connectivity index (χ2n) is 2.84. The van der Waals surface area contributed by atoms with Gasteiger partial charge in [-0.3, -0.25) is 4.79 Å². The maximum Gasteiger partial charge on any atom is 0.307 e. The normalized spacial score (nSPS) is 9.73. The second-order valence-corrected chi connectivity index (χ2v) is 3.28. The first-order chi connectivity index (χ1) is 7.13. The fourth-order valence-corrected chi connectivity index (χ4v) is 1.15. The number of nitrogens with zero attached hydrogens (tertiary/aromatic N) is 1. The smallest absolute Gasteiger partial charge is 0.307 e. The number of carbonyl (C=O) groups is 1. The molecule has 1 heterocycles. The monoisotopic (exact) mass is 229 g/mol. The number of pyridine rings is 1. The minimum Gasteiger partial charge on any atom is -0.469 e. The van der Waals surface area contributed by atoms with E-state index in [0.29, 0.717) is 23.1 Å². The van der Waals surface area contributed by atoms with E-state index in [-0.39, 0.29) is 12.4 Å². The van der Waals surface area contributed by atoms with Gasteiger partial charge in [-0.05, 0) is 6.07 Å². The summed E-state index contributed by atoms with van der Waals surface area (Å²) in [5, 5.41) is 3.39. The molecular formula is C9H12ClN3O2. The van der Waals surface area contributed by atoms with E-state index in [1.807, 2.05) is 0 Å². The number of nitrogen functional groups attached to an aromatic ring is 1. The molecule has 15 heavy (non-hydrogen) atoms. The Morgan fingerprint density at radius 3 is 3.07 bits per heavy atom. The molecule has 0 radical (unpaired) electrons. The zero-order valence-electron chi connectivity index (χ0n) is 8.29. The number of carbonyl (C=O) groups excluding carboxylic acids is 1. The fourth-order valence-electron chi connectivity index (χ4n) is 0.988. The van der Waals surface area contributed by atoms with Gasteiger partial charge in [0.1, 0.15) is 5.82 Å². The number of nitrogens with one attached hydrogen (secondary N) is 1. The number of methoxy groups -OCH3 is 1. The molecule has 1 rings (SSSR count). The summed E-state index contributed by atoms with van der Waals surface area (Å²) in [5.74, 6) is 0.235. The van der Waals surface area contributed by atoms with Crippen molar-refractivity contribution in [3.05, 3.63) is 17.3 Å². The molecule has 0 saturated heterocycles. The molecule has 0 atom stereocenters. The van der Waals surface area contributed by atoms with E-state index in [2.05, 4.69) is 15.0 Å². The van der Waals surface area contributed by atoms with Crippen LogP contribution in [-0.4, -0.2) is 24.6 Å². The molecular weight excluding hydrogens is 218 g/mol. The van der Waals surface area contributed by atoms with Gasteiger partial charge in [0.05, 0.1) is 24.2 Å². The molecule has 0 aromatic carbocycles. The number of aromatic nitrogens is 1. The van der Waals surface area contributed by atoms with Gasteiger partial charge in [0, 0.05) is 12.7 Å². The average Bonchev–Trinajstić information content (AvgIpc) is 2.21. The largest absolute Gasteiger partial charge is 0.469 e. The van der Waals surface area contributed by atoms with Crippen molar-refractivity contribution in [1.82, 2.24) is 4.98 Å². The van der Waals surface area contributed by atoms with Gasteiger partial charge in [-0.2, -0.15) is 0 Å². The van der Waals surface area contributed by atoms with E-state index in [1.54, 1.807) is 6.07 Å². The van der Waals surface area contributed by atoms with Crippen molar-refractivity contribution in [3.63, 3.8) is 0 Å². The van der Waals surface area contributed by atoms with Crippen LogP contribution < -0.4 is 11.1 Å². The van der Waals surface area contributed by atoms with Crippen LogP contribution in [0.4, 0.5) is 11.5 Å². The number of anilines is 2. The topological polar surface area (TPSA) is 77.2 Å². The maximum absolute atomic E-state index is 10.8. The van der Waals surface area contributed by atoms with E-state index >= 15 is 0 Å². The Bertz CT molecular complexity index is 357. The summed E-state index contributed by atoms with van der Waals surface area (Å²) in [6, 6.07) is 1.59. The van der Waals surface area contributed by atoms with Gasteiger partial charge in [0.15, 0.2) is 0 Å². The summed E-state index contributed by atoms with van der Waals surface area (Å²) in [5.41, 5.74) is 6.10. The first kappa shape index (κ1) is 11.6. The summed E-state index contributed by atoms with van der Waals surface area (Å²) < 4.78 is 4.49. The van der Waals surface area contributed by atoms with E-state index in [1.165, 1.54) is 13.3 Å². The van der Waals surface area contributed by atoms with Crippen molar-refractivity contribution in [2.75, 3.05) is 24.7 Å². The van der Waals surface area contributed by atoms with Crippen LogP contribution in [0.3, 0.4) is 0 Å². The Morgan fingerprint density at radius 2 is 2.47 bits per heavy atom. The zero-order valence-corrected chi connectivity index (χ0v) is 9.04. The fraction of sp³-hybridized carbons (Fsp3) is 0.333. The summed E-state index contributed by atoms with van der Waals surface area (Å²) in [6.07, 6.45) is 1.75. The third-order valence-electron chi connectivity index (χ3n) is 1.73. The lowest BCUT2D eigenvalue weighted by atomic mass is 10.3. The van der Waals surface area contributed by atoms with Crippen LogP contribution in [0.5, 0.6) is 0 Å². The molecule has 82 valence electrons. The quantitative estimate of drug-likeness (QED) is 0.761. The highest BCUT2D eigenvalue weighted by Crippen LogP contribution is 2.18. The zero-order chi connectivity index (χ0) is 11.3. The minimum atomic E-state index is -0.282. The summed E-state index contributed by atoms with van der Waals surface area (Å²) in [7, 11) is 1.34. The number of hydrogen-bond acceptors (Lipinski definition) is 5. The molecule has 0 aliphatic rings. The lowest BCUT2D eigenvalue weighted by molar-refractivity contribution is -0.140. The van der Waals surface area contributed by atoms with E-state index in [0.717, 1.165) is 0 Å². The molecule has 6 heteroatoms. The molecule has 0 amide bonds. The Morgan fingerprint density at radius 1 is 1.73 bits per heavy atom. The Hall–Kier alpha value is -1.49. The molecule has 5 nitrogen and oxygen atoms in total. The van der Waals surface area contributed by atoms with Crippen molar-refractivity contribution in [3.8, 4) is 0 Å². The van der Waals surface area contributed by atoms with Gasteiger partial charge in [-0.1, -0.05) is 11.6 Å². The molecule has 0 spiro atoms. The minimum absolute atomic E-state index is 0.264. The molecule has 0 unspecified atom stereocenters. The average molecular weight is 230 g/mol. The maximum atomic E-state index is 10.8. The van der Waals surface area contributed by atoms with Crippen LogP contribution in [-0.2, 0) is 9.53 Å². The summed E-state index contributed by atoms with van der Waals surface area (Å²) >= 11 is 5.68. The van der Waals surface area contributed by atoms with Crippen LogP contribution in [0.15, 0.2) is 12.3 Å². The SMILES string of the molecule is COC(=O)CCNc1ncc(Cl)cc1N.